The van der Waals surface area contributed by atoms with E-state index in [0.717, 1.165) is 36.5 Å². The van der Waals surface area contributed by atoms with Crippen LogP contribution in [0.5, 0.6) is 0 Å². The molecule has 0 aromatic heterocycles. The van der Waals surface area contributed by atoms with Gasteiger partial charge in [0.05, 0.1) is 37.4 Å². The first kappa shape index (κ1) is 28.2. The molecule has 1 unspecified atom stereocenters. The van der Waals surface area contributed by atoms with E-state index in [1.165, 1.54) is 64.9 Å². The largest absolute Gasteiger partial charge is 0.465 e. The summed E-state index contributed by atoms with van der Waals surface area (Å²) in [5.41, 5.74) is -0.657. The lowest BCUT2D eigenvalue weighted by Crippen LogP contribution is -2.36. The van der Waals surface area contributed by atoms with E-state index >= 15 is 0 Å². The molecule has 0 saturated heterocycles. The van der Waals surface area contributed by atoms with Gasteiger partial charge in [0.25, 0.3) is 0 Å². The molecule has 0 amide bonds. The Kier molecular flexibility index (Phi) is 10.7. The third-order valence-electron chi connectivity index (χ3n) is 9.19. The average Bonchev–Trinajstić information content (AvgIpc) is 2.83. The minimum atomic E-state index is -0.941. The first-order valence-corrected chi connectivity index (χ1v) is 13.9. The van der Waals surface area contributed by atoms with Crippen LogP contribution < -0.4 is 0 Å². The van der Waals surface area contributed by atoms with Crippen molar-refractivity contribution < 1.29 is 28.9 Å². The van der Waals surface area contributed by atoms with Gasteiger partial charge < -0.3 is 19.3 Å². The topological polar surface area (TPSA) is 82.1 Å². The van der Waals surface area contributed by atoms with Gasteiger partial charge in [-0.05, 0) is 94.8 Å². The molecule has 200 valence electrons. The number of ether oxygens (including phenoxy) is 3. The van der Waals surface area contributed by atoms with Crippen LogP contribution in [-0.2, 0) is 23.8 Å². The van der Waals surface area contributed by atoms with Crippen molar-refractivity contribution in [2.75, 3.05) is 33.5 Å². The SMILES string of the molecule is C=C(COC)C(=O)OCC(COC(=O)C(C)(C)CO)C1CCC(C2CCC(C3CCC3)CC2)CC1. The Bertz CT molecular complexity index is 696. The van der Waals surface area contributed by atoms with Gasteiger partial charge in [-0.3, -0.25) is 4.79 Å². The summed E-state index contributed by atoms with van der Waals surface area (Å²) in [7, 11) is 1.52. The second-order valence-corrected chi connectivity index (χ2v) is 12.1. The van der Waals surface area contributed by atoms with Gasteiger partial charge in [0.2, 0.25) is 0 Å². The summed E-state index contributed by atoms with van der Waals surface area (Å²) in [5, 5.41) is 9.49. The lowest BCUT2D eigenvalue weighted by atomic mass is 9.63. The molecule has 0 bridgehead atoms. The molecule has 0 aromatic carbocycles. The first-order chi connectivity index (χ1) is 16.7. The van der Waals surface area contributed by atoms with Crippen molar-refractivity contribution in [3.8, 4) is 0 Å². The summed E-state index contributed by atoms with van der Waals surface area (Å²) in [5.74, 6) is 3.09. The molecule has 6 heteroatoms. The minimum Gasteiger partial charge on any atom is -0.465 e. The Morgan fingerprint density at radius 1 is 0.857 bits per heavy atom. The zero-order chi connectivity index (χ0) is 25.4. The summed E-state index contributed by atoms with van der Waals surface area (Å²) >= 11 is 0. The fourth-order valence-electron chi connectivity index (χ4n) is 6.37. The molecule has 1 atom stereocenters. The highest BCUT2D eigenvalue weighted by molar-refractivity contribution is 5.87. The third kappa shape index (κ3) is 7.79. The molecule has 0 radical (unpaired) electrons. The summed E-state index contributed by atoms with van der Waals surface area (Å²) in [6, 6.07) is 0. The highest BCUT2D eigenvalue weighted by Crippen LogP contribution is 2.47. The van der Waals surface area contributed by atoms with E-state index in [1.807, 2.05) is 0 Å². The number of methoxy groups -OCH3 is 1. The van der Waals surface area contributed by atoms with Gasteiger partial charge in [-0.25, -0.2) is 4.79 Å². The van der Waals surface area contributed by atoms with Gasteiger partial charge in [-0.1, -0.05) is 25.8 Å². The van der Waals surface area contributed by atoms with Crippen LogP contribution >= 0.6 is 0 Å². The van der Waals surface area contributed by atoms with Gasteiger partial charge in [0.15, 0.2) is 0 Å². The van der Waals surface area contributed by atoms with Crippen LogP contribution in [0.15, 0.2) is 12.2 Å². The number of hydrogen-bond acceptors (Lipinski definition) is 6. The van der Waals surface area contributed by atoms with Gasteiger partial charge in [-0.2, -0.15) is 0 Å². The van der Waals surface area contributed by atoms with Crippen LogP contribution in [0.1, 0.15) is 84.5 Å². The van der Waals surface area contributed by atoms with Crippen molar-refractivity contribution in [3.63, 3.8) is 0 Å². The predicted octanol–water partition coefficient (Wildman–Crippen LogP) is 5.32. The number of carbonyl (C=O) groups excluding carboxylic acids is 2. The molecule has 0 spiro atoms. The van der Waals surface area contributed by atoms with Gasteiger partial charge in [0, 0.05) is 13.0 Å². The van der Waals surface area contributed by atoms with Crippen LogP contribution in [0.2, 0.25) is 0 Å². The lowest BCUT2D eigenvalue weighted by Gasteiger charge is -2.42. The maximum absolute atomic E-state index is 12.5. The van der Waals surface area contributed by atoms with Crippen LogP contribution in [0.4, 0.5) is 0 Å². The maximum atomic E-state index is 12.5. The van der Waals surface area contributed by atoms with E-state index in [9.17, 15) is 14.7 Å². The zero-order valence-corrected chi connectivity index (χ0v) is 22.3. The van der Waals surface area contributed by atoms with Crippen molar-refractivity contribution in [3.05, 3.63) is 12.2 Å². The van der Waals surface area contributed by atoms with Crippen molar-refractivity contribution in [2.45, 2.75) is 84.5 Å². The summed E-state index contributed by atoms with van der Waals surface area (Å²) in [6.45, 7) is 7.34. The van der Waals surface area contributed by atoms with Crippen LogP contribution in [0.25, 0.3) is 0 Å². The average molecular weight is 493 g/mol. The highest BCUT2D eigenvalue weighted by Gasteiger charge is 2.37. The van der Waals surface area contributed by atoms with E-state index in [4.69, 9.17) is 14.2 Å². The second kappa shape index (κ2) is 13.2. The molecule has 0 aliphatic heterocycles. The molecule has 0 aromatic rings. The Labute approximate surface area is 212 Å². The molecule has 1 N–H and O–H groups in total. The number of carbonyl (C=O) groups is 2. The molecule has 0 heterocycles. The summed E-state index contributed by atoms with van der Waals surface area (Å²) in [4.78, 5) is 24.7. The van der Waals surface area contributed by atoms with Crippen LogP contribution in [0.3, 0.4) is 0 Å². The van der Waals surface area contributed by atoms with Crippen molar-refractivity contribution in [2.24, 2.45) is 40.9 Å². The molecule has 3 aliphatic rings. The van der Waals surface area contributed by atoms with E-state index in [0.29, 0.717) is 5.92 Å². The van der Waals surface area contributed by atoms with E-state index in [-0.39, 0.29) is 37.9 Å². The van der Waals surface area contributed by atoms with E-state index < -0.39 is 17.4 Å². The normalized spacial score (nSPS) is 28.6. The number of hydrogen-bond donors (Lipinski definition) is 1. The van der Waals surface area contributed by atoms with Gasteiger partial charge in [-0.15, -0.1) is 0 Å². The van der Waals surface area contributed by atoms with Crippen molar-refractivity contribution in [1.82, 2.24) is 0 Å². The Hall–Kier alpha value is -1.40. The quantitative estimate of drug-likeness (QED) is 0.293. The van der Waals surface area contributed by atoms with Crippen LogP contribution in [-0.4, -0.2) is 50.6 Å². The molecule has 3 fully saturated rings. The van der Waals surface area contributed by atoms with Crippen LogP contribution in [0, 0.1) is 40.9 Å². The molecule has 3 rings (SSSR count). The zero-order valence-electron chi connectivity index (χ0n) is 22.3. The van der Waals surface area contributed by atoms with Gasteiger partial charge >= 0.3 is 11.9 Å². The van der Waals surface area contributed by atoms with Crippen molar-refractivity contribution in [1.29, 1.82) is 0 Å². The standard InChI is InChI=1S/C29H48O6/c1-20(16-33-4)27(31)34-17-26(18-35-28(32)29(2,3)19-30)25-14-12-24(13-15-25)23-10-8-22(9-11-23)21-6-5-7-21/h21-26,30H,1,5-19H2,2-4H3. The Morgan fingerprint density at radius 3 is 1.80 bits per heavy atom. The minimum absolute atomic E-state index is 0.0527. The Morgan fingerprint density at radius 2 is 1.34 bits per heavy atom. The van der Waals surface area contributed by atoms with Crippen molar-refractivity contribution >= 4 is 11.9 Å². The first-order valence-electron chi connectivity index (χ1n) is 13.9. The third-order valence-corrected chi connectivity index (χ3v) is 9.19. The molecule has 6 nitrogen and oxygen atoms in total. The number of esters is 2. The molecule has 35 heavy (non-hydrogen) atoms. The second-order valence-electron chi connectivity index (χ2n) is 12.1. The lowest BCUT2D eigenvalue weighted by molar-refractivity contribution is -0.159. The maximum Gasteiger partial charge on any atom is 0.335 e. The summed E-state index contributed by atoms with van der Waals surface area (Å²) < 4.78 is 16.1. The predicted molar refractivity (Wildman–Crippen MR) is 136 cm³/mol. The number of rotatable bonds is 12. The fraction of sp³-hybridized carbons (Fsp3) is 0.862. The number of aliphatic hydroxyl groups is 1. The smallest absolute Gasteiger partial charge is 0.335 e. The molecule has 3 aliphatic carbocycles. The molecule has 3 saturated carbocycles. The van der Waals surface area contributed by atoms with Gasteiger partial charge in [0.1, 0.15) is 0 Å². The molecular weight excluding hydrogens is 444 g/mol. The van der Waals surface area contributed by atoms with E-state index in [2.05, 4.69) is 6.58 Å². The van der Waals surface area contributed by atoms with E-state index in [1.54, 1.807) is 13.8 Å². The number of aliphatic hydroxyl groups excluding tert-OH is 1. The summed E-state index contributed by atoms with van der Waals surface area (Å²) in [6.07, 6.45) is 14.6. The fourth-order valence-corrected chi connectivity index (χ4v) is 6.37. The Balaban J connectivity index is 1.51. The monoisotopic (exact) mass is 492 g/mol. The highest BCUT2D eigenvalue weighted by atomic mass is 16.5. The molecular formula is C29H48O6.